The molecule has 2 heterocycles. The van der Waals surface area contributed by atoms with E-state index >= 15 is 0 Å². The van der Waals surface area contributed by atoms with Crippen LogP contribution in [-0.2, 0) is 11.3 Å². The average Bonchev–Trinajstić information content (AvgIpc) is 3.17. The van der Waals surface area contributed by atoms with E-state index in [0.717, 1.165) is 38.7 Å². The maximum Gasteiger partial charge on any atom is 0.238 e. The number of nitrogens with zero attached hydrogens (tertiary/aromatic N) is 4. The largest absolute Gasteiger partial charge is 0.497 e. The Hall–Kier alpha value is -2.74. The van der Waals surface area contributed by atoms with Gasteiger partial charge in [-0.25, -0.2) is 4.98 Å². The zero-order valence-corrected chi connectivity index (χ0v) is 16.1. The van der Waals surface area contributed by atoms with Crippen LogP contribution in [0, 0.1) is 0 Å². The van der Waals surface area contributed by atoms with Gasteiger partial charge in [-0.3, -0.25) is 9.69 Å². The molecule has 8 nitrogen and oxygen atoms in total. The highest BCUT2D eigenvalue weighted by Gasteiger charge is 2.22. The van der Waals surface area contributed by atoms with Crippen molar-refractivity contribution in [1.82, 2.24) is 14.5 Å². The fraction of sp³-hybridized carbons (Fsp3) is 0.474. The second-order valence-electron chi connectivity index (χ2n) is 6.39. The molecule has 1 aromatic heterocycles. The Kier molecular flexibility index (Phi) is 6.18. The van der Waals surface area contributed by atoms with E-state index in [1.165, 1.54) is 0 Å². The van der Waals surface area contributed by atoms with Gasteiger partial charge in [0, 0.05) is 51.2 Å². The number of ether oxygens (including phenoxy) is 2. The lowest BCUT2D eigenvalue weighted by Crippen LogP contribution is -2.49. The maximum absolute atomic E-state index is 12.4. The Balaban J connectivity index is 1.53. The van der Waals surface area contributed by atoms with E-state index in [-0.39, 0.29) is 5.91 Å². The van der Waals surface area contributed by atoms with Crippen molar-refractivity contribution in [2.45, 2.75) is 13.5 Å². The summed E-state index contributed by atoms with van der Waals surface area (Å²) in [6.07, 6.45) is 3.83. The third kappa shape index (κ3) is 4.51. The molecule has 1 aromatic carbocycles. The molecule has 1 N–H and O–H groups in total. The summed E-state index contributed by atoms with van der Waals surface area (Å²) in [4.78, 5) is 21.3. The molecule has 0 atom stereocenters. The van der Waals surface area contributed by atoms with Gasteiger partial charge in [0.05, 0.1) is 26.5 Å². The second-order valence-corrected chi connectivity index (χ2v) is 6.39. The molecule has 146 valence electrons. The first kappa shape index (κ1) is 19.0. The van der Waals surface area contributed by atoms with Crippen LogP contribution in [0.25, 0.3) is 0 Å². The highest BCUT2D eigenvalue weighted by Crippen LogP contribution is 2.29. The number of anilines is 2. The Bertz CT molecular complexity index is 768. The fourth-order valence-corrected chi connectivity index (χ4v) is 3.23. The molecule has 8 heteroatoms. The summed E-state index contributed by atoms with van der Waals surface area (Å²) in [5.74, 6) is 2.22. The lowest BCUT2D eigenvalue weighted by Gasteiger charge is -2.35. The average molecular weight is 373 g/mol. The number of carbonyl (C=O) groups is 1. The molecule has 0 saturated carbocycles. The van der Waals surface area contributed by atoms with Gasteiger partial charge in [0.25, 0.3) is 0 Å². The number of benzene rings is 1. The van der Waals surface area contributed by atoms with Gasteiger partial charge in [0.15, 0.2) is 0 Å². The molecule has 3 rings (SSSR count). The van der Waals surface area contributed by atoms with Gasteiger partial charge in [-0.1, -0.05) is 0 Å². The Labute approximate surface area is 159 Å². The Morgan fingerprint density at radius 3 is 2.63 bits per heavy atom. The van der Waals surface area contributed by atoms with Crippen molar-refractivity contribution in [3.63, 3.8) is 0 Å². The first-order valence-electron chi connectivity index (χ1n) is 9.15. The monoisotopic (exact) mass is 373 g/mol. The molecule has 1 fully saturated rings. The van der Waals surface area contributed by atoms with Crippen molar-refractivity contribution in [2.24, 2.45) is 0 Å². The number of hydrogen-bond acceptors (Lipinski definition) is 6. The summed E-state index contributed by atoms with van der Waals surface area (Å²) in [6.45, 7) is 6.73. The van der Waals surface area contributed by atoms with Crippen LogP contribution in [0.1, 0.15) is 6.92 Å². The van der Waals surface area contributed by atoms with Crippen LogP contribution >= 0.6 is 0 Å². The van der Waals surface area contributed by atoms with Crippen LogP contribution in [-0.4, -0.2) is 67.3 Å². The molecule has 0 unspecified atom stereocenters. The van der Waals surface area contributed by atoms with Crippen molar-refractivity contribution in [2.75, 3.05) is 57.2 Å². The molecule has 1 aliphatic heterocycles. The number of aromatic nitrogens is 2. The summed E-state index contributed by atoms with van der Waals surface area (Å²) < 4.78 is 12.7. The number of nitrogens with one attached hydrogen (secondary N) is 1. The molecule has 27 heavy (non-hydrogen) atoms. The minimum absolute atomic E-state index is 0.0537. The molecule has 1 aliphatic rings. The summed E-state index contributed by atoms with van der Waals surface area (Å²) in [6, 6.07) is 5.34. The van der Waals surface area contributed by atoms with Crippen LogP contribution in [0.4, 0.5) is 11.6 Å². The van der Waals surface area contributed by atoms with E-state index in [0.29, 0.717) is 23.7 Å². The predicted octanol–water partition coefficient (Wildman–Crippen LogP) is 1.68. The number of piperazine rings is 1. The molecule has 0 bridgehead atoms. The number of carbonyl (C=O) groups excluding carboxylic acids is 1. The van der Waals surface area contributed by atoms with Crippen molar-refractivity contribution < 1.29 is 14.3 Å². The first-order chi connectivity index (χ1) is 13.1. The topological polar surface area (TPSA) is 71.9 Å². The van der Waals surface area contributed by atoms with E-state index in [1.807, 2.05) is 12.4 Å². The van der Waals surface area contributed by atoms with Gasteiger partial charge < -0.3 is 24.3 Å². The van der Waals surface area contributed by atoms with Crippen LogP contribution in [0.5, 0.6) is 11.5 Å². The molecular weight excluding hydrogens is 346 g/mol. The van der Waals surface area contributed by atoms with E-state index in [4.69, 9.17) is 9.47 Å². The number of aryl methyl sites for hydroxylation is 1. The summed E-state index contributed by atoms with van der Waals surface area (Å²) in [5.41, 5.74) is 0.645. The zero-order valence-electron chi connectivity index (χ0n) is 16.1. The third-order valence-electron chi connectivity index (χ3n) is 4.74. The van der Waals surface area contributed by atoms with Crippen molar-refractivity contribution in [3.05, 3.63) is 30.6 Å². The quantitative estimate of drug-likeness (QED) is 0.796. The number of amides is 1. The Morgan fingerprint density at radius 1 is 1.19 bits per heavy atom. The maximum atomic E-state index is 12.4. The predicted molar refractivity (Wildman–Crippen MR) is 105 cm³/mol. The molecule has 1 amide bonds. The van der Waals surface area contributed by atoms with E-state index in [2.05, 4.69) is 31.6 Å². The van der Waals surface area contributed by atoms with Crippen molar-refractivity contribution in [3.8, 4) is 11.5 Å². The van der Waals surface area contributed by atoms with E-state index in [9.17, 15) is 4.79 Å². The molecule has 0 spiro atoms. The SMILES string of the molecule is CCn1ccnc1N1CCN(CC(=O)Nc2ccc(OC)cc2OC)CC1. The van der Waals surface area contributed by atoms with Gasteiger partial charge in [-0.15, -0.1) is 0 Å². The highest BCUT2D eigenvalue weighted by molar-refractivity contribution is 5.93. The number of methoxy groups -OCH3 is 2. The van der Waals surface area contributed by atoms with Gasteiger partial charge in [0.1, 0.15) is 11.5 Å². The first-order valence-corrected chi connectivity index (χ1v) is 9.15. The van der Waals surface area contributed by atoms with Crippen molar-refractivity contribution >= 4 is 17.5 Å². The van der Waals surface area contributed by atoms with Crippen LogP contribution < -0.4 is 19.7 Å². The highest BCUT2D eigenvalue weighted by atomic mass is 16.5. The minimum Gasteiger partial charge on any atom is -0.497 e. The van der Waals surface area contributed by atoms with Gasteiger partial charge in [0.2, 0.25) is 11.9 Å². The number of rotatable bonds is 7. The summed E-state index contributed by atoms with van der Waals surface area (Å²) >= 11 is 0. The Morgan fingerprint density at radius 2 is 1.96 bits per heavy atom. The summed E-state index contributed by atoms with van der Waals surface area (Å²) in [5, 5.41) is 2.93. The standard InChI is InChI=1S/C19H27N5O3/c1-4-23-8-7-20-19(23)24-11-9-22(10-12-24)14-18(25)21-16-6-5-15(26-2)13-17(16)27-3/h5-8,13H,4,9-12,14H2,1-3H3,(H,21,25). The van der Waals surface area contributed by atoms with Gasteiger partial charge in [-0.2, -0.15) is 0 Å². The van der Waals surface area contributed by atoms with Crippen molar-refractivity contribution in [1.29, 1.82) is 0 Å². The summed E-state index contributed by atoms with van der Waals surface area (Å²) in [7, 11) is 3.17. The molecule has 2 aromatic rings. The molecule has 0 aliphatic carbocycles. The van der Waals surface area contributed by atoms with Crippen LogP contribution in [0.2, 0.25) is 0 Å². The number of imidazole rings is 1. The van der Waals surface area contributed by atoms with Crippen LogP contribution in [0.3, 0.4) is 0 Å². The minimum atomic E-state index is -0.0537. The smallest absolute Gasteiger partial charge is 0.238 e. The molecular formula is C19H27N5O3. The van der Waals surface area contributed by atoms with E-state index < -0.39 is 0 Å². The number of hydrogen-bond donors (Lipinski definition) is 1. The normalized spacial score (nSPS) is 14.9. The zero-order chi connectivity index (χ0) is 19.2. The van der Waals surface area contributed by atoms with Crippen LogP contribution in [0.15, 0.2) is 30.6 Å². The second kappa shape index (κ2) is 8.77. The molecule has 1 saturated heterocycles. The van der Waals surface area contributed by atoms with E-state index in [1.54, 1.807) is 32.4 Å². The molecule has 0 radical (unpaired) electrons. The van der Waals surface area contributed by atoms with Gasteiger partial charge >= 0.3 is 0 Å². The third-order valence-corrected chi connectivity index (χ3v) is 4.74. The van der Waals surface area contributed by atoms with Gasteiger partial charge in [-0.05, 0) is 19.1 Å². The lowest BCUT2D eigenvalue weighted by atomic mass is 10.2. The fourth-order valence-electron chi connectivity index (χ4n) is 3.23. The lowest BCUT2D eigenvalue weighted by molar-refractivity contribution is -0.117.